The maximum atomic E-state index is 12.2. The van der Waals surface area contributed by atoms with Gasteiger partial charge < -0.3 is 10.4 Å². The van der Waals surface area contributed by atoms with E-state index in [1.54, 1.807) is 30.3 Å². The summed E-state index contributed by atoms with van der Waals surface area (Å²) in [6, 6.07) is 12.3. The van der Waals surface area contributed by atoms with Gasteiger partial charge in [0.25, 0.3) is 5.91 Å². The third-order valence-electron chi connectivity index (χ3n) is 2.84. The van der Waals surface area contributed by atoms with Crippen molar-refractivity contribution in [2.75, 3.05) is 11.9 Å². The smallest absolute Gasteiger partial charge is 0.255 e. The average Bonchev–Trinajstić information content (AvgIpc) is 2.48. The Hall–Kier alpha value is -2.28. The Balaban J connectivity index is 2.22. The van der Waals surface area contributed by atoms with E-state index in [-0.39, 0.29) is 12.5 Å². The molecule has 0 saturated heterocycles. The number of aliphatic hydroxyl groups is 1. The number of anilines is 1. The van der Waals surface area contributed by atoms with Crippen LogP contribution in [0.15, 0.2) is 42.5 Å². The van der Waals surface area contributed by atoms with E-state index in [0.29, 0.717) is 21.8 Å². The number of benzene rings is 2. The molecule has 1 amide bonds. The molecule has 0 atom stereocenters. The van der Waals surface area contributed by atoms with Crippen LogP contribution in [0.1, 0.15) is 21.5 Å². The van der Waals surface area contributed by atoms with Crippen LogP contribution in [0.2, 0.25) is 5.02 Å². The molecule has 0 saturated carbocycles. The molecule has 0 radical (unpaired) electrons. The van der Waals surface area contributed by atoms with Crippen LogP contribution in [-0.2, 0) is 0 Å². The average molecular weight is 300 g/mol. The van der Waals surface area contributed by atoms with Crippen molar-refractivity contribution in [3.63, 3.8) is 0 Å². The second-order valence-electron chi connectivity index (χ2n) is 4.47. The molecule has 0 aliphatic rings. The molecule has 0 fully saturated rings. The Morgan fingerprint density at radius 1 is 1.24 bits per heavy atom. The molecule has 0 aromatic heterocycles. The van der Waals surface area contributed by atoms with Crippen molar-refractivity contribution in [1.29, 1.82) is 0 Å². The summed E-state index contributed by atoms with van der Waals surface area (Å²) in [5, 5.41) is 11.9. The standard InChI is InChI=1S/C17H14ClNO2/c1-12-4-7-14(8-5-12)17(21)19-16-11-13(3-2-10-20)6-9-15(16)18/h4-9,11,20H,10H2,1H3,(H,19,21). The lowest BCUT2D eigenvalue weighted by molar-refractivity contribution is 0.102. The first-order valence-corrected chi connectivity index (χ1v) is 6.75. The van der Waals surface area contributed by atoms with Gasteiger partial charge in [-0.2, -0.15) is 0 Å². The van der Waals surface area contributed by atoms with Crippen LogP contribution in [0.25, 0.3) is 0 Å². The van der Waals surface area contributed by atoms with Crippen molar-refractivity contribution in [3.05, 3.63) is 64.2 Å². The summed E-state index contributed by atoms with van der Waals surface area (Å²) in [4.78, 5) is 12.2. The molecule has 0 heterocycles. The highest BCUT2D eigenvalue weighted by atomic mass is 35.5. The molecule has 0 unspecified atom stereocenters. The summed E-state index contributed by atoms with van der Waals surface area (Å²) < 4.78 is 0. The molecule has 0 aliphatic carbocycles. The van der Waals surface area contributed by atoms with Gasteiger partial charge in [-0.15, -0.1) is 0 Å². The lowest BCUT2D eigenvalue weighted by atomic mass is 10.1. The molecule has 106 valence electrons. The van der Waals surface area contributed by atoms with Crippen LogP contribution in [0.3, 0.4) is 0 Å². The van der Waals surface area contributed by atoms with Gasteiger partial charge in [0, 0.05) is 11.1 Å². The van der Waals surface area contributed by atoms with E-state index in [9.17, 15) is 4.79 Å². The minimum absolute atomic E-state index is 0.215. The number of nitrogens with one attached hydrogen (secondary N) is 1. The van der Waals surface area contributed by atoms with Crippen molar-refractivity contribution < 1.29 is 9.90 Å². The number of halogens is 1. The van der Waals surface area contributed by atoms with E-state index >= 15 is 0 Å². The van der Waals surface area contributed by atoms with Gasteiger partial charge in [0.15, 0.2) is 0 Å². The van der Waals surface area contributed by atoms with Crippen LogP contribution < -0.4 is 5.32 Å². The van der Waals surface area contributed by atoms with Crippen molar-refractivity contribution in [2.45, 2.75) is 6.92 Å². The molecule has 4 heteroatoms. The van der Waals surface area contributed by atoms with Crippen LogP contribution >= 0.6 is 11.6 Å². The minimum Gasteiger partial charge on any atom is -0.384 e. The number of carbonyl (C=O) groups excluding carboxylic acids is 1. The summed E-state index contributed by atoms with van der Waals surface area (Å²) in [6.45, 7) is 1.75. The maximum Gasteiger partial charge on any atom is 0.255 e. The highest BCUT2D eigenvalue weighted by Gasteiger charge is 2.08. The van der Waals surface area contributed by atoms with Crippen molar-refractivity contribution in [2.24, 2.45) is 0 Å². The summed E-state index contributed by atoms with van der Waals surface area (Å²) in [6.07, 6.45) is 0. The first kappa shape index (κ1) is 15.1. The van der Waals surface area contributed by atoms with Crippen molar-refractivity contribution >= 4 is 23.2 Å². The molecule has 3 nitrogen and oxygen atoms in total. The largest absolute Gasteiger partial charge is 0.384 e. The SMILES string of the molecule is Cc1ccc(C(=O)Nc2cc(C#CCO)ccc2Cl)cc1. The number of amides is 1. The van der Waals surface area contributed by atoms with Crippen LogP contribution in [-0.4, -0.2) is 17.6 Å². The monoisotopic (exact) mass is 299 g/mol. The van der Waals surface area contributed by atoms with E-state index in [2.05, 4.69) is 17.2 Å². The zero-order valence-electron chi connectivity index (χ0n) is 11.5. The van der Waals surface area contributed by atoms with Gasteiger partial charge in [-0.05, 0) is 37.3 Å². The third-order valence-corrected chi connectivity index (χ3v) is 3.17. The van der Waals surface area contributed by atoms with E-state index in [4.69, 9.17) is 16.7 Å². The van der Waals surface area contributed by atoms with Crippen molar-refractivity contribution in [1.82, 2.24) is 0 Å². The number of hydrogen-bond acceptors (Lipinski definition) is 2. The molecule has 2 aromatic carbocycles. The molecular weight excluding hydrogens is 286 g/mol. The van der Waals surface area contributed by atoms with Gasteiger partial charge >= 0.3 is 0 Å². The molecule has 2 rings (SSSR count). The molecule has 0 bridgehead atoms. The number of aliphatic hydroxyl groups excluding tert-OH is 1. The Bertz CT molecular complexity index is 712. The summed E-state index contributed by atoms with van der Waals surface area (Å²) in [7, 11) is 0. The number of carbonyl (C=O) groups is 1. The quantitative estimate of drug-likeness (QED) is 0.836. The van der Waals surface area contributed by atoms with Gasteiger partial charge in [0.05, 0.1) is 10.7 Å². The minimum atomic E-state index is -0.232. The lowest BCUT2D eigenvalue weighted by Crippen LogP contribution is -2.12. The fourth-order valence-corrected chi connectivity index (χ4v) is 1.90. The number of hydrogen-bond donors (Lipinski definition) is 2. The lowest BCUT2D eigenvalue weighted by Gasteiger charge is -2.08. The first-order valence-electron chi connectivity index (χ1n) is 6.37. The highest BCUT2D eigenvalue weighted by molar-refractivity contribution is 6.34. The molecule has 0 spiro atoms. The Kier molecular flexibility index (Phi) is 4.99. The summed E-state index contributed by atoms with van der Waals surface area (Å²) in [5.74, 6) is 5.09. The second kappa shape index (κ2) is 6.94. The van der Waals surface area contributed by atoms with E-state index < -0.39 is 0 Å². The maximum absolute atomic E-state index is 12.2. The van der Waals surface area contributed by atoms with Gasteiger partial charge in [0.1, 0.15) is 6.61 Å². The normalized spacial score (nSPS) is 9.67. The van der Waals surface area contributed by atoms with Crippen LogP contribution in [0.4, 0.5) is 5.69 Å². The van der Waals surface area contributed by atoms with Crippen molar-refractivity contribution in [3.8, 4) is 11.8 Å². The molecule has 2 aromatic rings. The Morgan fingerprint density at radius 3 is 2.62 bits per heavy atom. The number of aryl methyl sites for hydroxylation is 1. The third kappa shape index (κ3) is 4.09. The summed E-state index contributed by atoms with van der Waals surface area (Å²) in [5.41, 5.74) is 2.81. The summed E-state index contributed by atoms with van der Waals surface area (Å²) >= 11 is 6.07. The second-order valence-corrected chi connectivity index (χ2v) is 4.88. The highest BCUT2D eigenvalue weighted by Crippen LogP contribution is 2.23. The molecule has 21 heavy (non-hydrogen) atoms. The predicted octanol–water partition coefficient (Wildman–Crippen LogP) is 3.24. The molecule has 0 aliphatic heterocycles. The zero-order chi connectivity index (χ0) is 15.2. The van der Waals surface area contributed by atoms with E-state index in [0.717, 1.165) is 5.56 Å². The van der Waals surface area contributed by atoms with Crippen LogP contribution in [0.5, 0.6) is 0 Å². The number of rotatable bonds is 2. The molecular formula is C17H14ClNO2. The topological polar surface area (TPSA) is 49.3 Å². The first-order chi connectivity index (χ1) is 10.1. The van der Waals surface area contributed by atoms with Gasteiger partial charge in [-0.1, -0.05) is 41.1 Å². The Labute approximate surface area is 128 Å². The fourth-order valence-electron chi connectivity index (χ4n) is 1.74. The Morgan fingerprint density at radius 2 is 1.95 bits per heavy atom. The van der Waals surface area contributed by atoms with Gasteiger partial charge in [-0.3, -0.25) is 4.79 Å². The van der Waals surface area contributed by atoms with Crippen LogP contribution in [0, 0.1) is 18.8 Å². The van der Waals surface area contributed by atoms with E-state index in [1.165, 1.54) is 0 Å². The zero-order valence-corrected chi connectivity index (χ0v) is 12.2. The van der Waals surface area contributed by atoms with E-state index in [1.807, 2.05) is 19.1 Å². The van der Waals surface area contributed by atoms with Gasteiger partial charge in [0.2, 0.25) is 0 Å². The predicted molar refractivity (Wildman–Crippen MR) is 84.5 cm³/mol. The molecule has 2 N–H and O–H groups in total. The van der Waals surface area contributed by atoms with Gasteiger partial charge in [-0.25, -0.2) is 0 Å². The fraction of sp³-hybridized carbons (Fsp3) is 0.118.